The fourth-order valence-corrected chi connectivity index (χ4v) is 2.13. The number of H-pyrrole nitrogens is 1. The topological polar surface area (TPSA) is 87.8 Å². The van der Waals surface area contributed by atoms with Crippen LogP contribution in [0.3, 0.4) is 0 Å². The summed E-state index contributed by atoms with van der Waals surface area (Å²) in [5, 5.41) is 17.7. The minimum absolute atomic E-state index is 0.668. The first kappa shape index (κ1) is 11.8. The van der Waals surface area contributed by atoms with Crippen molar-refractivity contribution in [3.63, 3.8) is 0 Å². The fraction of sp³-hybridized carbons (Fsp3) is 0.143. The zero-order valence-corrected chi connectivity index (χ0v) is 10.5. The van der Waals surface area contributed by atoms with Crippen LogP contribution in [0.1, 0.15) is 17.5 Å². The van der Waals surface area contributed by atoms with Crippen molar-refractivity contribution in [3.05, 3.63) is 47.8 Å². The lowest BCUT2D eigenvalue weighted by Gasteiger charge is -2.05. The standard InChI is InChI=1S/C14H14N4O/c1-8-6-9(4-5-16-8)13-11-7-10(14(15)19)2-3-12(11)17-18-13/h2-7,14,19H,15H2,1H3,(H,17,18). The summed E-state index contributed by atoms with van der Waals surface area (Å²) in [7, 11) is 0. The molecule has 4 N–H and O–H groups in total. The summed E-state index contributed by atoms with van der Waals surface area (Å²) in [6, 6.07) is 9.39. The molecule has 2 aromatic heterocycles. The van der Waals surface area contributed by atoms with E-state index < -0.39 is 6.23 Å². The predicted molar refractivity (Wildman–Crippen MR) is 73.2 cm³/mol. The Labute approximate surface area is 110 Å². The number of hydrogen-bond acceptors (Lipinski definition) is 4. The molecule has 96 valence electrons. The number of rotatable bonds is 2. The van der Waals surface area contributed by atoms with E-state index in [4.69, 9.17) is 5.73 Å². The van der Waals surface area contributed by atoms with Crippen molar-refractivity contribution in [2.45, 2.75) is 13.2 Å². The molecule has 0 aliphatic carbocycles. The van der Waals surface area contributed by atoms with Crippen LogP contribution in [0.5, 0.6) is 0 Å². The van der Waals surface area contributed by atoms with Gasteiger partial charge in [-0.1, -0.05) is 6.07 Å². The minimum Gasteiger partial charge on any atom is -0.375 e. The number of benzene rings is 1. The summed E-state index contributed by atoms with van der Waals surface area (Å²) in [4.78, 5) is 4.18. The molecule has 0 bridgehead atoms. The molecular formula is C14H14N4O. The van der Waals surface area contributed by atoms with Gasteiger partial charge >= 0.3 is 0 Å². The number of nitrogens with one attached hydrogen (secondary N) is 1. The molecular weight excluding hydrogens is 240 g/mol. The average Bonchev–Trinajstić information content (AvgIpc) is 2.81. The smallest absolute Gasteiger partial charge is 0.128 e. The lowest BCUT2D eigenvalue weighted by molar-refractivity contribution is 0.186. The molecule has 0 radical (unpaired) electrons. The number of aliphatic hydroxyl groups is 1. The zero-order valence-electron chi connectivity index (χ0n) is 10.5. The van der Waals surface area contributed by atoms with E-state index >= 15 is 0 Å². The van der Waals surface area contributed by atoms with E-state index in [1.807, 2.05) is 31.2 Å². The summed E-state index contributed by atoms with van der Waals surface area (Å²) in [6.45, 7) is 1.94. The molecule has 0 amide bonds. The van der Waals surface area contributed by atoms with E-state index in [2.05, 4.69) is 15.2 Å². The number of pyridine rings is 1. The van der Waals surface area contributed by atoms with Crippen LogP contribution in [0.25, 0.3) is 22.2 Å². The number of hydrogen-bond donors (Lipinski definition) is 3. The van der Waals surface area contributed by atoms with Gasteiger partial charge in [-0.3, -0.25) is 10.1 Å². The molecule has 3 aromatic rings. The lowest BCUT2D eigenvalue weighted by atomic mass is 10.1. The number of aromatic amines is 1. The third kappa shape index (κ3) is 2.09. The third-order valence-electron chi connectivity index (χ3n) is 3.10. The van der Waals surface area contributed by atoms with Gasteiger partial charge in [-0.15, -0.1) is 0 Å². The lowest BCUT2D eigenvalue weighted by Crippen LogP contribution is -2.07. The van der Waals surface area contributed by atoms with E-state index in [1.165, 1.54) is 0 Å². The first-order valence-corrected chi connectivity index (χ1v) is 6.00. The average molecular weight is 254 g/mol. The number of nitrogens with two attached hydrogens (primary N) is 1. The van der Waals surface area contributed by atoms with E-state index in [0.29, 0.717) is 5.56 Å². The SMILES string of the molecule is Cc1cc(-c2n[nH]c3ccc(C(N)O)cc23)ccn1. The summed E-state index contributed by atoms with van der Waals surface area (Å²) in [6.07, 6.45) is 0.777. The Balaban J connectivity index is 2.21. The van der Waals surface area contributed by atoms with Crippen molar-refractivity contribution in [3.8, 4) is 11.3 Å². The predicted octanol–water partition coefficient (Wildman–Crippen LogP) is 1.88. The number of aryl methyl sites for hydroxylation is 1. The molecule has 2 heterocycles. The van der Waals surface area contributed by atoms with Gasteiger partial charge < -0.3 is 10.8 Å². The van der Waals surface area contributed by atoms with Crippen LogP contribution in [-0.2, 0) is 0 Å². The Kier molecular flexibility index (Phi) is 2.77. The summed E-state index contributed by atoms with van der Waals surface area (Å²) in [5.74, 6) is 0. The van der Waals surface area contributed by atoms with Crippen molar-refractivity contribution in [2.24, 2.45) is 5.73 Å². The van der Waals surface area contributed by atoms with Crippen molar-refractivity contribution in [2.75, 3.05) is 0 Å². The maximum absolute atomic E-state index is 9.46. The largest absolute Gasteiger partial charge is 0.375 e. The molecule has 1 atom stereocenters. The quantitative estimate of drug-likeness (QED) is 0.609. The van der Waals surface area contributed by atoms with E-state index in [1.54, 1.807) is 12.3 Å². The fourth-order valence-electron chi connectivity index (χ4n) is 2.13. The summed E-state index contributed by atoms with van der Waals surface area (Å²) in [5.41, 5.74) is 9.84. The van der Waals surface area contributed by atoms with Crippen LogP contribution < -0.4 is 5.73 Å². The summed E-state index contributed by atoms with van der Waals surface area (Å²) >= 11 is 0. The van der Waals surface area contributed by atoms with Gasteiger partial charge in [-0.05, 0) is 36.8 Å². The molecule has 5 heteroatoms. The van der Waals surface area contributed by atoms with Crippen LogP contribution in [-0.4, -0.2) is 20.3 Å². The maximum Gasteiger partial charge on any atom is 0.128 e. The highest BCUT2D eigenvalue weighted by molar-refractivity contribution is 5.93. The molecule has 5 nitrogen and oxygen atoms in total. The van der Waals surface area contributed by atoms with Crippen LogP contribution in [0, 0.1) is 6.92 Å². The zero-order chi connectivity index (χ0) is 13.4. The van der Waals surface area contributed by atoms with Crippen LogP contribution in [0.2, 0.25) is 0 Å². The molecule has 1 aromatic carbocycles. The maximum atomic E-state index is 9.46. The second kappa shape index (κ2) is 4.46. The van der Waals surface area contributed by atoms with E-state index in [9.17, 15) is 5.11 Å². The van der Waals surface area contributed by atoms with Gasteiger partial charge in [-0.2, -0.15) is 5.10 Å². The molecule has 0 saturated carbocycles. The second-order valence-corrected chi connectivity index (χ2v) is 4.51. The molecule has 1 unspecified atom stereocenters. The van der Waals surface area contributed by atoms with Crippen LogP contribution in [0.15, 0.2) is 36.5 Å². The highest BCUT2D eigenvalue weighted by Gasteiger charge is 2.10. The normalized spacial score (nSPS) is 12.8. The van der Waals surface area contributed by atoms with Crippen LogP contribution in [0.4, 0.5) is 0 Å². The first-order valence-electron chi connectivity index (χ1n) is 6.00. The van der Waals surface area contributed by atoms with Gasteiger partial charge in [0.25, 0.3) is 0 Å². The highest BCUT2D eigenvalue weighted by atomic mass is 16.3. The molecule has 0 aliphatic heterocycles. The van der Waals surface area contributed by atoms with Gasteiger partial charge in [-0.25, -0.2) is 0 Å². The minimum atomic E-state index is -0.980. The molecule has 3 rings (SSSR count). The monoisotopic (exact) mass is 254 g/mol. The van der Waals surface area contributed by atoms with Gasteiger partial charge in [0, 0.05) is 22.8 Å². The summed E-state index contributed by atoms with van der Waals surface area (Å²) < 4.78 is 0. The molecule has 0 aliphatic rings. The first-order chi connectivity index (χ1) is 9.15. The molecule has 0 spiro atoms. The van der Waals surface area contributed by atoms with E-state index in [-0.39, 0.29) is 0 Å². The van der Waals surface area contributed by atoms with Crippen molar-refractivity contribution >= 4 is 10.9 Å². The number of aromatic nitrogens is 3. The molecule has 0 saturated heterocycles. The third-order valence-corrected chi connectivity index (χ3v) is 3.10. The van der Waals surface area contributed by atoms with Gasteiger partial charge in [0.1, 0.15) is 11.9 Å². The van der Waals surface area contributed by atoms with Gasteiger partial charge in [0.15, 0.2) is 0 Å². The molecule has 19 heavy (non-hydrogen) atoms. The van der Waals surface area contributed by atoms with Crippen molar-refractivity contribution < 1.29 is 5.11 Å². The van der Waals surface area contributed by atoms with Crippen molar-refractivity contribution in [1.29, 1.82) is 0 Å². The highest BCUT2D eigenvalue weighted by Crippen LogP contribution is 2.27. The Morgan fingerprint density at radius 1 is 1.26 bits per heavy atom. The van der Waals surface area contributed by atoms with Crippen LogP contribution >= 0.6 is 0 Å². The number of aliphatic hydroxyl groups excluding tert-OH is 1. The Hall–Kier alpha value is -2.24. The van der Waals surface area contributed by atoms with Gasteiger partial charge in [0.05, 0.1) is 5.52 Å². The second-order valence-electron chi connectivity index (χ2n) is 4.51. The molecule has 0 fully saturated rings. The van der Waals surface area contributed by atoms with E-state index in [0.717, 1.165) is 27.9 Å². The Morgan fingerprint density at radius 3 is 2.84 bits per heavy atom. The van der Waals surface area contributed by atoms with Gasteiger partial charge in [0.2, 0.25) is 0 Å². The number of nitrogens with zero attached hydrogens (tertiary/aromatic N) is 2. The Morgan fingerprint density at radius 2 is 2.11 bits per heavy atom. The van der Waals surface area contributed by atoms with Crippen molar-refractivity contribution in [1.82, 2.24) is 15.2 Å². The Bertz CT molecular complexity index is 733. The number of fused-ring (bicyclic) bond motifs is 1.